The number of nitrogens with zero attached hydrogens (tertiary/aromatic N) is 3. The zero-order chi connectivity index (χ0) is 17.2. The molecule has 132 valence electrons. The third-order valence-electron chi connectivity index (χ3n) is 5.51. The highest BCUT2D eigenvalue weighted by atomic mass is 16.3. The lowest BCUT2D eigenvalue weighted by molar-refractivity contribution is 0.0315. The summed E-state index contributed by atoms with van der Waals surface area (Å²) in [6.07, 6.45) is 6.87. The highest BCUT2D eigenvalue weighted by Crippen LogP contribution is 2.25. The Morgan fingerprint density at radius 1 is 1.00 bits per heavy atom. The Labute approximate surface area is 148 Å². The van der Waals surface area contributed by atoms with Crippen molar-refractivity contribution < 1.29 is 9.90 Å². The summed E-state index contributed by atoms with van der Waals surface area (Å²) >= 11 is 0. The number of aliphatic hydroxyl groups is 1. The van der Waals surface area contributed by atoms with Gasteiger partial charge in [0.1, 0.15) is 0 Å². The van der Waals surface area contributed by atoms with Gasteiger partial charge in [0.05, 0.1) is 6.10 Å². The normalized spacial score (nSPS) is 24.6. The van der Waals surface area contributed by atoms with Crippen LogP contribution in [-0.4, -0.2) is 63.7 Å². The molecule has 2 heterocycles. The van der Waals surface area contributed by atoms with Gasteiger partial charge in [-0.05, 0) is 49.6 Å². The third kappa shape index (κ3) is 3.34. The van der Waals surface area contributed by atoms with Gasteiger partial charge in [-0.25, -0.2) is 0 Å². The van der Waals surface area contributed by atoms with Crippen LogP contribution in [-0.2, 0) is 0 Å². The SMILES string of the molecule is O=C(c1cccc(-n2cccc2)c1)N1CCN([C@@H]2CCC[C@H]2O)CC1. The highest BCUT2D eigenvalue weighted by molar-refractivity contribution is 5.94. The highest BCUT2D eigenvalue weighted by Gasteiger charge is 2.33. The van der Waals surface area contributed by atoms with E-state index in [0.29, 0.717) is 0 Å². The van der Waals surface area contributed by atoms with Gasteiger partial charge in [0.15, 0.2) is 0 Å². The maximum absolute atomic E-state index is 12.9. The molecule has 4 rings (SSSR count). The van der Waals surface area contributed by atoms with E-state index in [1.807, 2.05) is 58.3 Å². The first-order valence-corrected chi connectivity index (χ1v) is 9.17. The van der Waals surface area contributed by atoms with Crippen molar-refractivity contribution in [3.05, 3.63) is 54.4 Å². The van der Waals surface area contributed by atoms with E-state index in [9.17, 15) is 9.90 Å². The van der Waals surface area contributed by atoms with E-state index in [1.54, 1.807) is 0 Å². The Morgan fingerprint density at radius 2 is 1.76 bits per heavy atom. The number of aromatic nitrogens is 1. The van der Waals surface area contributed by atoms with Crippen LogP contribution in [0.25, 0.3) is 5.69 Å². The Bertz CT molecular complexity index is 720. The maximum atomic E-state index is 12.9. The van der Waals surface area contributed by atoms with Crippen LogP contribution in [0, 0.1) is 0 Å². The fourth-order valence-electron chi connectivity index (χ4n) is 4.09. The minimum Gasteiger partial charge on any atom is -0.391 e. The smallest absolute Gasteiger partial charge is 0.254 e. The first-order chi connectivity index (χ1) is 12.2. The number of carbonyl (C=O) groups excluding carboxylic acids is 1. The van der Waals surface area contributed by atoms with Crippen molar-refractivity contribution in [1.82, 2.24) is 14.4 Å². The number of piperazine rings is 1. The van der Waals surface area contributed by atoms with Crippen molar-refractivity contribution in [2.24, 2.45) is 0 Å². The van der Waals surface area contributed by atoms with Crippen molar-refractivity contribution in [2.45, 2.75) is 31.4 Å². The van der Waals surface area contributed by atoms with Gasteiger partial charge < -0.3 is 14.6 Å². The van der Waals surface area contributed by atoms with Crippen LogP contribution in [0.2, 0.25) is 0 Å². The number of carbonyl (C=O) groups is 1. The summed E-state index contributed by atoms with van der Waals surface area (Å²) in [5.41, 5.74) is 1.74. The van der Waals surface area contributed by atoms with Crippen LogP contribution in [0.1, 0.15) is 29.6 Å². The molecule has 0 radical (unpaired) electrons. The quantitative estimate of drug-likeness (QED) is 0.932. The fraction of sp³-hybridized carbons (Fsp3) is 0.450. The van der Waals surface area contributed by atoms with Crippen molar-refractivity contribution in [2.75, 3.05) is 26.2 Å². The molecule has 1 amide bonds. The van der Waals surface area contributed by atoms with Crippen molar-refractivity contribution in [3.8, 4) is 5.69 Å². The van der Waals surface area contributed by atoms with E-state index < -0.39 is 0 Å². The van der Waals surface area contributed by atoms with E-state index in [1.165, 1.54) is 0 Å². The molecule has 2 aromatic rings. The molecule has 5 nitrogen and oxygen atoms in total. The molecule has 25 heavy (non-hydrogen) atoms. The lowest BCUT2D eigenvalue weighted by Gasteiger charge is -2.39. The monoisotopic (exact) mass is 339 g/mol. The molecule has 1 saturated heterocycles. The number of hydrogen-bond donors (Lipinski definition) is 1. The topological polar surface area (TPSA) is 48.7 Å². The van der Waals surface area contributed by atoms with E-state index >= 15 is 0 Å². The summed E-state index contributed by atoms with van der Waals surface area (Å²) in [5, 5.41) is 10.1. The number of benzene rings is 1. The van der Waals surface area contributed by atoms with Gasteiger partial charge in [0, 0.05) is 55.9 Å². The molecule has 2 atom stereocenters. The first kappa shape index (κ1) is 16.4. The summed E-state index contributed by atoms with van der Waals surface area (Å²) in [5.74, 6) is 0.0978. The van der Waals surface area contributed by atoms with Crippen molar-refractivity contribution in [3.63, 3.8) is 0 Å². The third-order valence-corrected chi connectivity index (χ3v) is 5.51. The Hall–Kier alpha value is -2.11. The van der Waals surface area contributed by atoms with Crippen LogP contribution in [0.3, 0.4) is 0 Å². The van der Waals surface area contributed by atoms with Gasteiger partial charge in [-0.15, -0.1) is 0 Å². The molecule has 1 aliphatic heterocycles. The van der Waals surface area contributed by atoms with Crippen LogP contribution < -0.4 is 0 Å². The van der Waals surface area contributed by atoms with Gasteiger partial charge >= 0.3 is 0 Å². The Morgan fingerprint density at radius 3 is 2.44 bits per heavy atom. The van der Waals surface area contributed by atoms with Gasteiger partial charge in [-0.2, -0.15) is 0 Å². The van der Waals surface area contributed by atoms with Gasteiger partial charge in [0.2, 0.25) is 0 Å². The van der Waals surface area contributed by atoms with Gasteiger partial charge in [0.25, 0.3) is 5.91 Å². The second-order valence-electron chi connectivity index (χ2n) is 7.03. The van der Waals surface area contributed by atoms with E-state index in [0.717, 1.165) is 56.7 Å². The first-order valence-electron chi connectivity index (χ1n) is 9.17. The van der Waals surface area contributed by atoms with Crippen molar-refractivity contribution >= 4 is 5.91 Å². The standard InChI is InChI=1S/C20H25N3O2/c24-19-8-4-7-18(19)22-11-13-23(14-12-22)20(25)16-5-3-6-17(15-16)21-9-1-2-10-21/h1-3,5-6,9-10,15,18-19,24H,4,7-8,11-14H2/t18-,19-/m1/s1. The lowest BCUT2D eigenvalue weighted by atomic mass is 10.1. The average molecular weight is 339 g/mol. The fourth-order valence-corrected chi connectivity index (χ4v) is 4.09. The van der Waals surface area contributed by atoms with E-state index in [-0.39, 0.29) is 18.1 Å². The van der Waals surface area contributed by atoms with Crippen molar-refractivity contribution in [1.29, 1.82) is 0 Å². The number of hydrogen-bond acceptors (Lipinski definition) is 3. The van der Waals surface area contributed by atoms with Crippen LogP contribution in [0.15, 0.2) is 48.8 Å². The predicted molar refractivity (Wildman–Crippen MR) is 96.9 cm³/mol. The molecule has 2 fully saturated rings. The van der Waals surface area contributed by atoms with Crippen LogP contribution >= 0.6 is 0 Å². The zero-order valence-electron chi connectivity index (χ0n) is 14.4. The largest absolute Gasteiger partial charge is 0.391 e. The Balaban J connectivity index is 1.41. The molecule has 0 unspecified atom stereocenters. The summed E-state index contributed by atoms with van der Waals surface area (Å²) in [6, 6.07) is 12.0. The molecule has 1 saturated carbocycles. The average Bonchev–Trinajstić information content (AvgIpc) is 3.33. The molecule has 1 N–H and O–H groups in total. The van der Waals surface area contributed by atoms with Crippen LogP contribution in [0.5, 0.6) is 0 Å². The molecular formula is C20H25N3O2. The van der Waals surface area contributed by atoms with Gasteiger partial charge in [-0.1, -0.05) is 6.07 Å². The second-order valence-corrected chi connectivity index (χ2v) is 7.03. The molecular weight excluding hydrogens is 314 g/mol. The molecule has 5 heteroatoms. The van der Waals surface area contributed by atoms with E-state index in [4.69, 9.17) is 0 Å². The molecule has 1 aromatic heterocycles. The van der Waals surface area contributed by atoms with Crippen LogP contribution in [0.4, 0.5) is 0 Å². The number of rotatable bonds is 3. The van der Waals surface area contributed by atoms with Gasteiger partial charge in [-0.3, -0.25) is 9.69 Å². The minimum atomic E-state index is -0.194. The summed E-state index contributed by atoms with van der Waals surface area (Å²) in [4.78, 5) is 17.2. The molecule has 1 aromatic carbocycles. The maximum Gasteiger partial charge on any atom is 0.254 e. The molecule has 0 bridgehead atoms. The summed E-state index contributed by atoms with van der Waals surface area (Å²) < 4.78 is 2.01. The molecule has 2 aliphatic rings. The van der Waals surface area contributed by atoms with E-state index in [2.05, 4.69) is 4.90 Å². The minimum absolute atomic E-state index is 0.0978. The summed E-state index contributed by atoms with van der Waals surface area (Å²) in [6.45, 7) is 3.17. The summed E-state index contributed by atoms with van der Waals surface area (Å²) in [7, 11) is 0. The molecule has 1 aliphatic carbocycles. The number of aliphatic hydroxyl groups excluding tert-OH is 1. The zero-order valence-corrected chi connectivity index (χ0v) is 14.4. The Kier molecular flexibility index (Phi) is 4.59. The molecule has 0 spiro atoms. The number of amides is 1. The second kappa shape index (κ2) is 7.02. The lowest BCUT2D eigenvalue weighted by Crippen LogP contribution is -2.53. The predicted octanol–water partition coefficient (Wildman–Crippen LogP) is 2.15.